The number of benzene rings is 1. The Morgan fingerprint density at radius 2 is 2.33 bits per heavy atom. The standard InChI is InChI=1S/C13H13ClFN5O/c14-8-5-9-12(10(11(8)15)13-16-18-19-17-13)20(3-4-21-9)6-7-1-2-7/h5,7H,1-4,6H2,(H,16,17,18,19). The third-order valence-electron chi connectivity index (χ3n) is 3.84. The molecule has 6 nitrogen and oxygen atoms in total. The van der Waals surface area contributed by atoms with Gasteiger partial charge in [0.2, 0.25) is 5.82 Å². The normalized spacial score (nSPS) is 17.5. The second-order valence-electron chi connectivity index (χ2n) is 5.37. The highest BCUT2D eigenvalue weighted by Gasteiger charge is 2.32. The van der Waals surface area contributed by atoms with Crippen molar-refractivity contribution in [2.45, 2.75) is 12.8 Å². The van der Waals surface area contributed by atoms with Gasteiger partial charge in [0.25, 0.3) is 0 Å². The van der Waals surface area contributed by atoms with Crippen LogP contribution in [0.25, 0.3) is 11.4 Å². The molecule has 1 N–H and O–H groups in total. The quantitative estimate of drug-likeness (QED) is 0.942. The Labute approximate surface area is 125 Å². The van der Waals surface area contributed by atoms with Gasteiger partial charge in [-0.05, 0) is 24.0 Å². The van der Waals surface area contributed by atoms with Crippen molar-refractivity contribution < 1.29 is 9.13 Å². The van der Waals surface area contributed by atoms with Crippen molar-refractivity contribution >= 4 is 17.3 Å². The second-order valence-corrected chi connectivity index (χ2v) is 5.77. The molecule has 1 aromatic carbocycles. The Kier molecular flexibility index (Phi) is 2.95. The molecule has 4 rings (SSSR count). The van der Waals surface area contributed by atoms with E-state index in [0.29, 0.717) is 24.0 Å². The Morgan fingerprint density at radius 3 is 3.05 bits per heavy atom. The lowest BCUT2D eigenvalue weighted by Crippen LogP contribution is -2.35. The maximum atomic E-state index is 14.5. The minimum Gasteiger partial charge on any atom is -0.489 e. The van der Waals surface area contributed by atoms with E-state index in [1.807, 2.05) is 0 Å². The summed E-state index contributed by atoms with van der Waals surface area (Å²) in [6, 6.07) is 1.52. The van der Waals surface area contributed by atoms with Crippen molar-refractivity contribution in [1.29, 1.82) is 0 Å². The number of ether oxygens (including phenoxy) is 1. The van der Waals surface area contributed by atoms with Crippen LogP contribution in [0.4, 0.5) is 10.1 Å². The summed E-state index contributed by atoms with van der Waals surface area (Å²) >= 11 is 5.97. The summed E-state index contributed by atoms with van der Waals surface area (Å²) in [6.45, 7) is 2.17. The summed E-state index contributed by atoms with van der Waals surface area (Å²) in [7, 11) is 0. The molecule has 21 heavy (non-hydrogen) atoms. The Bertz CT molecular complexity index is 674. The number of halogens is 2. The van der Waals surface area contributed by atoms with Crippen molar-refractivity contribution in [3.8, 4) is 17.1 Å². The largest absolute Gasteiger partial charge is 0.489 e. The molecular formula is C13H13ClFN5O. The lowest BCUT2D eigenvalue weighted by molar-refractivity contribution is 0.306. The van der Waals surface area contributed by atoms with Crippen molar-refractivity contribution in [3.05, 3.63) is 16.9 Å². The van der Waals surface area contributed by atoms with Gasteiger partial charge in [0, 0.05) is 12.6 Å². The molecule has 0 amide bonds. The average molecular weight is 310 g/mol. The predicted octanol–water partition coefficient (Wildman–Crippen LogP) is 2.27. The number of aromatic amines is 1. The van der Waals surface area contributed by atoms with Gasteiger partial charge in [0.1, 0.15) is 12.4 Å². The molecule has 0 atom stereocenters. The minimum absolute atomic E-state index is 0.00169. The number of H-pyrrole nitrogens is 1. The molecule has 0 saturated heterocycles. The summed E-state index contributed by atoms with van der Waals surface area (Å²) < 4.78 is 20.2. The summed E-state index contributed by atoms with van der Waals surface area (Å²) in [5.41, 5.74) is 0.933. The van der Waals surface area contributed by atoms with Crippen LogP contribution in [-0.4, -0.2) is 40.3 Å². The van der Waals surface area contributed by atoms with E-state index in [1.165, 1.54) is 18.9 Å². The predicted molar refractivity (Wildman–Crippen MR) is 75.0 cm³/mol. The number of nitrogens with zero attached hydrogens (tertiary/aromatic N) is 4. The third kappa shape index (κ3) is 2.21. The first-order valence-corrected chi connectivity index (χ1v) is 7.25. The van der Waals surface area contributed by atoms with Crippen LogP contribution in [0.2, 0.25) is 5.02 Å². The first-order valence-electron chi connectivity index (χ1n) is 6.87. The number of anilines is 1. The third-order valence-corrected chi connectivity index (χ3v) is 4.11. The number of hydrogen-bond donors (Lipinski definition) is 1. The topological polar surface area (TPSA) is 66.9 Å². The highest BCUT2D eigenvalue weighted by molar-refractivity contribution is 6.31. The fourth-order valence-corrected chi connectivity index (χ4v) is 2.85. The summed E-state index contributed by atoms with van der Waals surface area (Å²) in [5.74, 6) is 0.904. The van der Waals surface area contributed by atoms with Gasteiger partial charge >= 0.3 is 0 Å². The molecule has 8 heteroatoms. The van der Waals surface area contributed by atoms with E-state index in [-0.39, 0.29) is 16.4 Å². The number of aromatic nitrogens is 4. The zero-order chi connectivity index (χ0) is 14.4. The van der Waals surface area contributed by atoms with Gasteiger partial charge in [0.05, 0.1) is 22.8 Å². The molecule has 0 spiro atoms. The van der Waals surface area contributed by atoms with Crippen LogP contribution in [0, 0.1) is 11.7 Å². The average Bonchev–Trinajstić information content (AvgIpc) is 3.12. The fraction of sp³-hybridized carbons (Fsp3) is 0.462. The van der Waals surface area contributed by atoms with Crippen LogP contribution in [-0.2, 0) is 0 Å². The maximum absolute atomic E-state index is 14.5. The molecule has 1 aliphatic carbocycles. The molecule has 0 bridgehead atoms. The number of rotatable bonds is 3. The van der Waals surface area contributed by atoms with Gasteiger partial charge in [-0.3, -0.25) is 0 Å². The van der Waals surface area contributed by atoms with Crippen LogP contribution >= 0.6 is 11.6 Å². The van der Waals surface area contributed by atoms with Gasteiger partial charge in [-0.2, -0.15) is 5.21 Å². The van der Waals surface area contributed by atoms with E-state index in [2.05, 4.69) is 25.5 Å². The van der Waals surface area contributed by atoms with E-state index in [1.54, 1.807) is 0 Å². The van der Waals surface area contributed by atoms with Crippen LogP contribution in [0.3, 0.4) is 0 Å². The van der Waals surface area contributed by atoms with Crippen molar-refractivity contribution in [3.63, 3.8) is 0 Å². The van der Waals surface area contributed by atoms with Crippen molar-refractivity contribution in [2.75, 3.05) is 24.6 Å². The SMILES string of the molecule is Fc1c(Cl)cc2c(c1-c1nn[nH]n1)N(CC1CC1)CCO2. The first kappa shape index (κ1) is 12.8. The van der Waals surface area contributed by atoms with E-state index in [4.69, 9.17) is 16.3 Å². The van der Waals surface area contributed by atoms with Crippen LogP contribution in [0.1, 0.15) is 12.8 Å². The first-order chi connectivity index (χ1) is 10.2. The number of hydrogen-bond acceptors (Lipinski definition) is 5. The summed E-state index contributed by atoms with van der Waals surface area (Å²) in [6.07, 6.45) is 2.45. The maximum Gasteiger partial charge on any atom is 0.209 e. The summed E-state index contributed by atoms with van der Waals surface area (Å²) in [5, 5.41) is 13.7. The van der Waals surface area contributed by atoms with Gasteiger partial charge in [-0.15, -0.1) is 10.2 Å². The number of tetrazole rings is 1. The van der Waals surface area contributed by atoms with E-state index in [0.717, 1.165) is 13.1 Å². The molecule has 110 valence electrons. The zero-order valence-electron chi connectivity index (χ0n) is 11.1. The monoisotopic (exact) mass is 309 g/mol. The van der Waals surface area contributed by atoms with Crippen molar-refractivity contribution in [1.82, 2.24) is 20.6 Å². The highest BCUT2D eigenvalue weighted by Crippen LogP contribution is 2.45. The molecule has 2 aromatic rings. The van der Waals surface area contributed by atoms with Gasteiger partial charge in [0.15, 0.2) is 5.82 Å². The lowest BCUT2D eigenvalue weighted by atomic mass is 10.1. The van der Waals surface area contributed by atoms with E-state index < -0.39 is 5.82 Å². The lowest BCUT2D eigenvalue weighted by Gasteiger charge is -2.33. The minimum atomic E-state index is -0.539. The van der Waals surface area contributed by atoms with E-state index in [9.17, 15) is 4.39 Å². The van der Waals surface area contributed by atoms with Crippen molar-refractivity contribution in [2.24, 2.45) is 5.92 Å². The van der Waals surface area contributed by atoms with E-state index >= 15 is 0 Å². The molecular weight excluding hydrogens is 297 g/mol. The molecule has 1 saturated carbocycles. The van der Waals surface area contributed by atoms with Gasteiger partial charge in [-0.1, -0.05) is 11.6 Å². The summed E-state index contributed by atoms with van der Waals surface area (Å²) in [4.78, 5) is 2.14. The highest BCUT2D eigenvalue weighted by atomic mass is 35.5. The molecule has 1 aromatic heterocycles. The molecule has 1 fully saturated rings. The van der Waals surface area contributed by atoms with Crippen LogP contribution in [0.15, 0.2) is 6.07 Å². The van der Waals surface area contributed by atoms with Crippen LogP contribution in [0.5, 0.6) is 5.75 Å². The zero-order valence-corrected chi connectivity index (χ0v) is 11.9. The molecule has 0 unspecified atom stereocenters. The smallest absolute Gasteiger partial charge is 0.209 e. The second kappa shape index (κ2) is 4.84. The number of fused-ring (bicyclic) bond motifs is 1. The van der Waals surface area contributed by atoms with Gasteiger partial charge in [-0.25, -0.2) is 4.39 Å². The Hall–Kier alpha value is -1.89. The molecule has 2 heterocycles. The number of nitrogens with one attached hydrogen (secondary N) is 1. The molecule has 0 radical (unpaired) electrons. The molecule has 2 aliphatic rings. The van der Waals surface area contributed by atoms with Gasteiger partial charge < -0.3 is 9.64 Å². The van der Waals surface area contributed by atoms with Crippen LogP contribution < -0.4 is 9.64 Å². The fourth-order valence-electron chi connectivity index (χ4n) is 2.66. The molecule has 1 aliphatic heterocycles. The Balaban J connectivity index is 1.89. The Morgan fingerprint density at radius 1 is 1.48 bits per heavy atom.